The number of benzene rings is 1. The molecule has 2 aromatic heterocycles. The number of hydrogen-bond acceptors (Lipinski definition) is 4. The minimum atomic E-state index is -2.46. The zero-order chi connectivity index (χ0) is 17.7. The fraction of sp³-hybridized carbons (Fsp3) is 0.176. The van der Waals surface area contributed by atoms with Crippen molar-refractivity contribution in [3.63, 3.8) is 0 Å². The Balaban J connectivity index is 2.03. The minimum absolute atomic E-state index is 0.154. The number of fused-ring (bicyclic) bond motifs is 8. The van der Waals surface area contributed by atoms with E-state index in [-0.39, 0.29) is 5.56 Å². The third kappa shape index (κ3) is 1.34. The van der Waals surface area contributed by atoms with Gasteiger partial charge in [0.05, 0.1) is 11.4 Å². The van der Waals surface area contributed by atoms with Gasteiger partial charge in [0, 0.05) is 34.7 Å². The largest absolute Gasteiger partial charge is 0.371 e. The van der Waals surface area contributed by atoms with Gasteiger partial charge in [0.25, 0.3) is 17.5 Å². The fourth-order valence-electron chi connectivity index (χ4n) is 4.03. The van der Waals surface area contributed by atoms with Gasteiger partial charge in [-0.15, -0.1) is 0 Å². The second kappa shape index (κ2) is 4.13. The molecule has 3 aromatic rings. The summed E-state index contributed by atoms with van der Waals surface area (Å²) < 4.78 is 1.23. The van der Waals surface area contributed by atoms with Crippen LogP contribution in [0.5, 0.6) is 0 Å². The lowest BCUT2D eigenvalue weighted by molar-refractivity contribution is -0.194. The number of imide groups is 1. The van der Waals surface area contributed by atoms with Crippen LogP contribution in [0.1, 0.15) is 5.56 Å². The second-order valence-corrected chi connectivity index (χ2v) is 6.82. The molecular weight excluding hydrogens is 346 g/mol. The van der Waals surface area contributed by atoms with E-state index in [1.54, 1.807) is 30.3 Å². The smallest absolute Gasteiger partial charge is 0.286 e. The molecule has 0 radical (unpaired) electrons. The second-order valence-electron chi connectivity index (χ2n) is 6.38. The van der Waals surface area contributed by atoms with E-state index in [9.17, 15) is 19.8 Å². The van der Waals surface area contributed by atoms with Crippen LogP contribution in [0.3, 0.4) is 0 Å². The number of hydrogen-bond donors (Lipinski definition) is 3. The number of aromatic amines is 1. The van der Waals surface area contributed by atoms with Crippen LogP contribution in [0.25, 0.3) is 22.3 Å². The van der Waals surface area contributed by atoms with E-state index >= 15 is 0 Å². The number of carbonyl (C=O) groups is 2. The number of H-pyrrole nitrogens is 1. The number of halogens is 1. The van der Waals surface area contributed by atoms with Crippen LogP contribution in [0.15, 0.2) is 36.5 Å². The number of amides is 2. The summed E-state index contributed by atoms with van der Waals surface area (Å²) >= 11 is 6.09. The van der Waals surface area contributed by atoms with Crippen LogP contribution < -0.4 is 0 Å². The molecule has 1 saturated heterocycles. The van der Waals surface area contributed by atoms with Gasteiger partial charge in [-0.05, 0) is 30.3 Å². The Kier molecular flexibility index (Phi) is 2.43. The number of aliphatic hydroxyl groups is 2. The highest BCUT2D eigenvalue weighted by molar-refractivity contribution is 6.31. The van der Waals surface area contributed by atoms with Crippen molar-refractivity contribution in [2.45, 2.75) is 11.3 Å². The van der Waals surface area contributed by atoms with Gasteiger partial charge in [0.15, 0.2) is 0 Å². The quantitative estimate of drug-likeness (QED) is 0.525. The van der Waals surface area contributed by atoms with Crippen molar-refractivity contribution >= 4 is 34.3 Å². The maximum atomic E-state index is 12.8. The molecule has 2 atom stereocenters. The van der Waals surface area contributed by atoms with Crippen LogP contribution in [0.4, 0.5) is 0 Å². The summed E-state index contributed by atoms with van der Waals surface area (Å²) in [6, 6.07) is 8.33. The van der Waals surface area contributed by atoms with E-state index in [1.807, 2.05) is 0 Å². The molecule has 2 unspecified atom stereocenters. The van der Waals surface area contributed by atoms with Gasteiger partial charge < -0.3 is 19.8 Å². The Morgan fingerprint density at radius 2 is 1.92 bits per heavy atom. The van der Waals surface area contributed by atoms with Crippen molar-refractivity contribution < 1.29 is 19.8 Å². The van der Waals surface area contributed by atoms with Crippen LogP contribution >= 0.6 is 11.6 Å². The lowest BCUT2D eigenvalue weighted by atomic mass is 9.79. The van der Waals surface area contributed by atoms with Crippen molar-refractivity contribution in [1.29, 1.82) is 0 Å². The Bertz CT molecular complexity index is 1120. The molecule has 2 aliphatic rings. The summed E-state index contributed by atoms with van der Waals surface area (Å²) in [5.41, 5.74) is -3.17. The predicted octanol–water partition coefficient (Wildman–Crippen LogP) is 1.13. The molecule has 4 heterocycles. The molecule has 0 spiro atoms. The van der Waals surface area contributed by atoms with E-state index in [0.29, 0.717) is 27.3 Å². The van der Waals surface area contributed by atoms with Crippen LogP contribution in [-0.4, -0.2) is 43.5 Å². The molecule has 2 aliphatic heterocycles. The van der Waals surface area contributed by atoms with Gasteiger partial charge in [-0.25, -0.2) is 0 Å². The zero-order valence-corrected chi connectivity index (χ0v) is 13.7. The molecular formula is C17H12ClN3O4. The molecule has 0 bridgehead atoms. The Morgan fingerprint density at radius 3 is 2.68 bits per heavy atom. The molecule has 8 heteroatoms. The summed E-state index contributed by atoms with van der Waals surface area (Å²) in [5, 5.41) is 23.6. The van der Waals surface area contributed by atoms with Gasteiger partial charge >= 0.3 is 0 Å². The van der Waals surface area contributed by atoms with E-state index < -0.39 is 23.1 Å². The van der Waals surface area contributed by atoms with Gasteiger partial charge in [-0.3, -0.25) is 14.5 Å². The Morgan fingerprint density at radius 1 is 1.16 bits per heavy atom. The lowest BCUT2D eigenvalue weighted by Crippen LogP contribution is -2.57. The van der Waals surface area contributed by atoms with E-state index in [4.69, 9.17) is 11.6 Å². The van der Waals surface area contributed by atoms with Crippen molar-refractivity contribution in [2.24, 2.45) is 0 Å². The number of rotatable bonds is 0. The molecule has 1 aromatic carbocycles. The molecule has 5 rings (SSSR count). The number of carbonyl (C=O) groups excluding carboxylic acids is 2. The average Bonchev–Trinajstić information content (AvgIpc) is 3.24. The first-order valence-corrected chi connectivity index (χ1v) is 7.97. The molecule has 126 valence electrons. The first-order valence-electron chi connectivity index (χ1n) is 7.59. The Hall–Kier alpha value is -2.61. The minimum Gasteiger partial charge on any atom is -0.371 e. The van der Waals surface area contributed by atoms with Crippen molar-refractivity contribution in [3.05, 3.63) is 47.1 Å². The van der Waals surface area contributed by atoms with E-state index in [1.165, 1.54) is 17.8 Å². The number of likely N-dealkylation sites (tertiary alicyclic amines) is 1. The number of likely N-dealkylation sites (N-methyl/N-ethyl adjacent to an activating group) is 1. The fourth-order valence-corrected chi connectivity index (χ4v) is 4.20. The van der Waals surface area contributed by atoms with Crippen molar-refractivity contribution in [1.82, 2.24) is 14.5 Å². The molecule has 1 fully saturated rings. The third-order valence-corrected chi connectivity index (χ3v) is 5.43. The SMILES string of the molecule is CN1C(=O)C2(O)c3c([nH]c4ccc(Cl)cc34)-c3cccn3C2(O)C1=O. The normalized spacial score (nSPS) is 27.6. The molecule has 25 heavy (non-hydrogen) atoms. The van der Waals surface area contributed by atoms with Crippen molar-refractivity contribution in [2.75, 3.05) is 7.05 Å². The predicted molar refractivity (Wildman–Crippen MR) is 88.6 cm³/mol. The van der Waals surface area contributed by atoms with Gasteiger partial charge in [-0.1, -0.05) is 11.6 Å². The molecule has 3 N–H and O–H groups in total. The molecule has 0 saturated carbocycles. The van der Waals surface area contributed by atoms with E-state index in [0.717, 1.165) is 4.90 Å². The monoisotopic (exact) mass is 357 g/mol. The highest BCUT2D eigenvalue weighted by atomic mass is 35.5. The van der Waals surface area contributed by atoms with Crippen molar-refractivity contribution in [3.8, 4) is 11.4 Å². The summed E-state index contributed by atoms with van der Waals surface area (Å²) in [4.78, 5) is 29.5. The van der Waals surface area contributed by atoms with Gasteiger partial charge in [0.2, 0.25) is 5.60 Å². The topological polar surface area (TPSA) is 98.6 Å². The molecule has 0 aliphatic carbocycles. The number of nitrogens with one attached hydrogen (secondary N) is 1. The number of nitrogens with zero attached hydrogens (tertiary/aromatic N) is 2. The number of aromatic nitrogens is 2. The molecule has 7 nitrogen and oxygen atoms in total. The first-order chi connectivity index (χ1) is 11.8. The van der Waals surface area contributed by atoms with E-state index in [2.05, 4.69) is 4.98 Å². The maximum absolute atomic E-state index is 12.8. The van der Waals surface area contributed by atoms with Gasteiger partial charge in [-0.2, -0.15) is 0 Å². The average molecular weight is 358 g/mol. The van der Waals surface area contributed by atoms with Crippen LogP contribution in [0, 0.1) is 0 Å². The summed E-state index contributed by atoms with van der Waals surface area (Å²) in [7, 11) is 1.24. The van der Waals surface area contributed by atoms with Crippen LogP contribution in [-0.2, 0) is 20.9 Å². The first kappa shape index (κ1) is 14.7. The third-order valence-electron chi connectivity index (χ3n) is 5.20. The standard InChI is InChI=1S/C17H12ClN3O4/c1-20-14(22)16(24)12-9-7-8(18)4-5-10(9)19-13(12)11-3-2-6-21(11)17(16,25)15(20)23/h2-7,19,24-25H,1H3. The zero-order valence-electron chi connectivity index (χ0n) is 12.9. The van der Waals surface area contributed by atoms with Crippen LogP contribution in [0.2, 0.25) is 5.02 Å². The Labute approximate surface area is 146 Å². The van der Waals surface area contributed by atoms with Gasteiger partial charge in [0.1, 0.15) is 0 Å². The highest BCUT2D eigenvalue weighted by Crippen LogP contribution is 2.54. The summed E-state index contributed by atoms with van der Waals surface area (Å²) in [6.07, 6.45) is 1.46. The lowest BCUT2D eigenvalue weighted by Gasteiger charge is -2.39. The summed E-state index contributed by atoms with van der Waals surface area (Å²) in [5.74, 6) is -1.78. The summed E-state index contributed by atoms with van der Waals surface area (Å²) in [6.45, 7) is 0. The maximum Gasteiger partial charge on any atom is 0.286 e. The highest BCUT2D eigenvalue weighted by Gasteiger charge is 2.73. The molecule has 2 amide bonds.